The fourth-order valence-corrected chi connectivity index (χ4v) is 4.55. The van der Waals surface area contributed by atoms with Gasteiger partial charge >= 0.3 is 5.97 Å². The summed E-state index contributed by atoms with van der Waals surface area (Å²) in [5.41, 5.74) is 0. The van der Waals surface area contributed by atoms with Gasteiger partial charge in [-0.1, -0.05) is 6.42 Å². The molecule has 1 atom stereocenters. The summed E-state index contributed by atoms with van der Waals surface area (Å²) >= 11 is 0. The molecule has 0 unspecified atom stereocenters. The van der Waals surface area contributed by atoms with Crippen molar-refractivity contribution in [3.05, 3.63) is 0 Å². The maximum absolute atomic E-state index is 11.7. The molecule has 0 spiro atoms. The van der Waals surface area contributed by atoms with Crippen molar-refractivity contribution in [2.75, 3.05) is 11.5 Å². The zero-order valence-electron chi connectivity index (χ0n) is 10.1. The molecule has 0 bridgehead atoms. The molecular formula is C12H20O4S. The first-order valence-electron chi connectivity index (χ1n) is 6.45. The Morgan fingerprint density at radius 1 is 1.12 bits per heavy atom. The second-order valence-electron chi connectivity index (χ2n) is 5.22. The number of carbonyl (C=O) groups is 1. The van der Waals surface area contributed by atoms with Crippen LogP contribution in [0, 0.1) is 5.92 Å². The van der Waals surface area contributed by atoms with E-state index in [1.165, 1.54) is 6.42 Å². The SMILES string of the molecule is O=C(C[C@H]1CCS(=O)(=O)C1)OC1CCCCC1. The largest absolute Gasteiger partial charge is 0.462 e. The summed E-state index contributed by atoms with van der Waals surface area (Å²) in [5, 5.41) is 0. The van der Waals surface area contributed by atoms with Gasteiger partial charge in [0.2, 0.25) is 0 Å². The number of sulfone groups is 1. The maximum Gasteiger partial charge on any atom is 0.306 e. The van der Waals surface area contributed by atoms with Gasteiger partial charge in [-0.05, 0) is 38.0 Å². The lowest BCUT2D eigenvalue weighted by Gasteiger charge is -2.22. The predicted octanol–water partition coefficient (Wildman–Crippen LogP) is 1.69. The maximum atomic E-state index is 11.7. The summed E-state index contributed by atoms with van der Waals surface area (Å²) in [5.74, 6) is 0.163. The van der Waals surface area contributed by atoms with Crippen molar-refractivity contribution in [3.63, 3.8) is 0 Å². The normalized spacial score (nSPS) is 29.1. The van der Waals surface area contributed by atoms with E-state index in [-0.39, 0.29) is 35.9 Å². The van der Waals surface area contributed by atoms with Crippen molar-refractivity contribution in [1.29, 1.82) is 0 Å². The summed E-state index contributed by atoms with van der Waals surface area (Å²) in [4.78, 5) is 11.7. The van der Waals surface area contributed by atoms with Crippen LogP contribution in [0.15, 0.2) is 0 Å². The summed E-state index contributed by atoms with van der Waals surface area (Å²) in [6, 6.07) is 0. The van der Waals surface area contributed by atoms with Crippen LogP contribution in [0.2, 0.25) is 0 Å². The second kappa shape index (κ2) is 5.38. The monoisotopic (exact) mass is 260 g/mol. The standard InChI is InChI=1S/C12H20O4S/c13-12(16-11-4-2-1-3-5-11)8-10-6-7-17(14,15)9-10/h10-11H,1-9H2/t10-/m1/s1. The zero-order valence-corrected chi connectivity index (χ0v) is 10.9. The highest BCUT2D eigenvalue weighted by Gasteiger charge is 2.30. The Hall–Kier alpha value is -0.580. The van der Waals surface area contributed by atoms with Crippen LogP contribution in [0.5, 0.6) is 0 Å². The number of hydrogen-bond donors (Lipinski definition) is 0. The van der Waals surface area contributed by atoms with E-state index in [1.54, 1.807) is 0 Å². The van der Waals surface area contributed by atoms with Gasteiger partial charge in [0, 0.05) is 6.42 Å². The molecule has 98 valence electrons. The van der Waals surface area contributed by atoms with Gasteiger partial charge in [0.15, 0.2) is 9.84 Å². The molecular weight excluding hydrogens is 240 g/mol. The fraction of sp³-hybridized carbons (Fsp3) is 0.917. The van der Waals surface area contributed by atoms with Crippen molar-refractivity contribution in [3.8, 4) is 0 Å². The molecule has 2 rings (SSSR count). The van der Waals surface area contributed by atoms with Crippen LogP contribution in [0.3, 0.4) is 0 Å². The van der Waals surface area contributed by atoms with E-state index in [2.05, 4.69) is 0 Å². The average molecular weight is 260 g/mol. The molecule has 5 heteroatoms. The summed E-state index contributed by atoms with van der Waals surface area (Å²) < 4.78 is 27.9. The summed E-state index contributed by atoms with van der Waals surface area (Å²) in [6.45, 7) is 0. The fourth-order valence-electron chi connectivity index (χ4n) is 2.69. The van der Waals surface area contributed by atoms with Crippen LogP contribution in [0.1, 0.15) is 44.9 Å². The van der Waals surface area contributed by atoms with Gasteiger partial charge in [-0.15, -0.1) is 0 Å². The minimum Gasteiger partial charge on any atom is -0.462 e. The number of ether oxygens (including phenoxy) is 1. The van der Waals surface area contributed by atoms with Crippen molar-refractivity contribution >= 4 is 15.8 Å². The molecule has 1 heterocycles. The smallest absolute Gasteiger partial charge is 0.306 e. The molecule has 0 amide bonds. The Kier molecular flexibility index (Phi) is 4.07. The molecule has 1 saturated carbocycles. The third kappa shape index (κ3) is 3.98. The van der Waals surface area contributed by atoms with E-state index >= 15 is 0 Å². The van der Waals surface area contributed by atoms with Gasteiger partial charge in [0.25, 0.3) is 0 Å². The summed E-state index contributed by atoms with van der Waals surface area (Å²) in [6.07, 6.45) is 6.40. The van der Waals surface area contributed by atoms with E-state index < -0.39 is 9.84 Å². The third-order valence-electron chi connectivity index (χ3n) is 3.63. The lowest BCUT2D eigenvalue weighted by molar-refractivity contribution is -0.151. The molecule has 0 aromatic carbocycles. The molecule has 0 radical (unpaired) electrons. The molecule has 4 nitrogen and oxygen atoms in total. The van der Waals surface area contributed by atoms with Crippen LogP contribution in [-0.4, -0.2) is 32.0 Å². The van der Waals surface area contributed by atoms with Gasteiger partial charge in [-0.25, -0.2) is 8.42 Å². The summed E-state index contributed by atoms with van der Waals surface area (Å²) in [7, 11) is -2.88. The highest BCUT2D eigenvalue weighted by Crippen LogP contribution is 2.24. The molecule has 0 aromatic heterocycles. The van der Waals surface area contributed by atoms with E-state index in [4.69, 9.17) is 4.74 Å². The molecule has 1 aliphatic heterocycles. The van der Waals surface area contributed by atoms with Crippen LogP contribution in [0.25, 0.3) is 0 Å². The number of rotatable bonds is 3. The first kappa shape index (κ1) is 12.9. The lowest BCUT2D eigenvalue weighted by atomic mass is 9.97. The number of hydrogen-bond acceptors (Lipinski definition) is 4. The highest BCUT2D eigenvalue weighted by atomic mass is 32.2. The quantitative estimate of drug-likeness (QED) is 0.724. The Balaban J connectivity index is 1.74. The van der Waals surface area contributed by atoms with Crippen molar-refractivity contribution < 1.29 is 17.9 Å². The first-order valence-corrected chi connectivity index (χ1v) is 8.27. The molecule has 1 saturated heterocycles. The minimum atomic E-state index is -2.88. The van der Waals surface area contributed by atoms with Crippen LogP contribution in [-0.2, 0) is 19.4 Å². The van der Waals surface area contributed by atoms with E-state index in [0.717, 1.165) is 25.7 Å². The Morgan fingerprint density at radius 2 is 1.82 bits per heavy atom. The van der Waals surface area contributed by atoms with E-state index in [1.807, 2.05) is 0 Å². The van der Waals surface area contributed by atoms with E-state index in [0.29, 0.717) is 6.42 Å². The topological polar surface area (TPSA) is 60.4 Å². The van der Waals surface area contributed by atoms with Gasteiger partial charge in [-0.2, -0.15) is 0 Å². The zero-order chi connectivity index (χ0) is 12.3. The Bertz CT molecular complexity index is 368. The van der Waals surface area contributed by atoms with Crippen LogP contribution in [0.4, 0.5) is 0 Å². The predicted molar refractivity (Wildman–Crippen MR) is 64.3 cm³/mol. The van der Waals surface area contributed by atoms with Crippen LogP contribution >= 0.6 is 0 Å². The van der Waals surface area contributed by atoms with Crippen LogP contribution < -0.4 is 0 Å². The Morgan fingerprint density at radius 3 is 2.41 bits per heavy atom. The van der Waals surface area contributed by atoms with E-state index in [9.17, 15) is 13.2 Å². The molecule has 1 aliphatic carbocycles. The molecule has 2 fully saturated rings. The first-order chi connectivity index (χ1) is 8.05. The molecule has 0 aromatic rings. The minimum absolute atomic E-state index is 0.0175. The number of esters is 1. The molecule has 17 heavy (non-hydrogen) atoms. The second-order valence-corrected chi connectivity index (χ2v) is 7.45. The molecule has 0 N–H and O–H groups in total. The van der Waals surface area contributed by atoms with Crippen molar-refractivity contribution in [1.82, 2.24) is 0 Å². The van der Waals surface area contributed by atoms with Gasteiger partial charge in [-0.3, -0.25) is 4.79 Å². The van der Waals surface area contributed by atoms with Gasteiger partial charge < -0.3 is 4.74 Å². The van der Waals surface area contributed by atoms with Crippen molar-refractivity contribution in [2.24, 2.45) is 5.92 Å². The highest BCUT2D eigenvalue weighted by molar-refractivity contribution is 7.91. The number of carbonyl (C=O) groups excluding carboxylic acids is 1. The van der Waals surface area contributed by atoms with Gasteiger partial charge in [0.1, 0.15) is 6.10 Å². The lowest BCUT2D eigenvalue weighted by Crippen LogP contribution is -2.22. The average Bonchev–Trinajstić information content (AvgIpc) is 2.59. The Labute approximate surface area is 103 Å². The van der Waals surface area contributed by atoms with Crippen molar-refractivity contribution in [2.45, 2.75) is 51.0 Å². The molecule has 2 aliphatic rings. The third-order valence-corrected chi connectivity index (χ3v) is 5.47. The van der Waals surface area contributed by atoms with Gasteiger partial charge in [0.05, 0.1) is 11.5 Å².